The number of hydrogen-bond acceptors (Lipinski definition) is 2. The molecule has 1 saturated heterocycles. The van der Waals surface area contributed by atoms with Gasteiger partial charge in [0.2, 0.25) is 12.4 Å². The fraction of sp³-hybridized carbons (Fsp3) is 0.583. The Hall–Kier alpha value is -1.23. The van der Waals surface area contributed by atoms with Crippen LogP contribution >= 0.6 is 0 Å². The van der Waals surface area contributed by atoms with Gasteiger partial charge in [-0.15, -0.1) is 0 Å². The van der Waals surface area contributed by atoms with Gasteiger partial charge in [-0.3, -0.25) is 4.84 Å². The molecule has 0 spiro atoms. The molecule has 1 aromatic rings. The van der Waals surface area contributed by atoms with Crippen molar-refractivity contribution in [2.75, 3.05) is 20.2 Å². The van der Waals surface area contributed by atoms with E-state index >= 15 is 0 Å². The third-order valence-electron chi connectivity index (χ3n) is 3.55. The van der Waals surface area contributed by atoms with Gasteiger partial charge in [0.1, 0.15) is 7.11 Å². The number of nitrogens with one attached hydrogen (secondary N) is 1. The smallest absolute Gasteiger partial charge is 0.259 e. The lowest BCUT2D eigenvalue weighted by Crippen LogP contribution is -2.55. The highest BCUT2D eigenvalue weighted by Crippen LogP contribution is 2.42. The summed E-state index contributed by atoms with van der Waals surface area (Å²) in [6.45, 7) is 2.26. The second-order valence-corrected chi connectivity index (χ2v) is 4.59. The van der Waals surface area contributed by atoms with Gasteiger partial charge in [0.05, 0.1) is 5.41 Å². The molecule has 1 aliphatic heterocycles. The Bertz CT molecular complexity index is 394. The Labute approximate surface area is 99.4 Å². The number of aromatic nitrogens is 1. The van der Waals surface area contributed by atoms with Gasteiger partial charge < -0.3 is 5.32 Å². The van der Waals surface area contributed by atoms with Crippen molar-refractivity contribution in [2.45, 2.75) is 24.7 Å². The Morgan fingerprint density at radius 1 is 1.35 bits per heavy atom. The minimum atomic E-state index is -2.68. The normalized spacial score (nSPS) is 27.8. The molecule has 0 aliphatic carbocycles. The molecule has 2 rings (SSSR count). The molecule has 0 bridgehead atoms. The lowest BCUT2D eigenvalue weighted by Gasteiger charge is -2.41. The highest BCUT2D eigenvalue weighted by Gasteiger charge is 2.52. The Kier molecular flexibility index (Phi) is 3.03. The summed E-state index contributed by atoms with van der Waals surface area (Å²) in [6, 6.07) is 3.37. The summed E-state index contributed by atoms with van der Waals surface area (Å²) in [6.07, 6.45) is 3.17. The molecular formula is C12H17F2N2O+. The number of nitrogens with zero attached hydrogens (tertiary/aromatic N) is 1. The molecule has 0 saturated carbocycles. The van der Waals surface area contributed by atoms with E-state index in [-0.39, 0.29) is 13.0 Å². The summed E-state index contributed by atoms with van der Waals surface area (Å²) in [4.78, 5) is 4.95. The number of piperidine rings is 1. The Morgan fingerprint density at radius 3 is 2.53 bits per heavy atom. The molecule has 0 aromatic carbocycles. The largest absolute Gasteiger partial charge is 0.315 e. The maximum Gasteiger partial charge on any atom is 0.259 e. The standard InChI is InChI=1S/C12H17F2N2O/c1-11(9-15-6-5-12(11,13)14)10-3-7-16(17-2)8-4-10/h3-4,7-8,15H,5-6,9H2,1-2H3/q+1. The van der Waals surface area contributed by atoms with E-state index < -0.39 is 11.3 Å². The summed E-state index contributed by atoms with van der Waals surface area (Å²) in [7, 11) is 1.53. The number of alkyl halides is 2. The maximum absolute atomic E-state index is 14.0. The summed E-state index contributed by atoms with van der Waals surface area (Å²) in [5, 5.41) is 3.04. The van der Waals surface area contributed by atoms with Gasteiger partial charge in [-0.25, -0.2) is 8.78 Å². The monoisotopic (exact) mass is 243 g/mol. The minimum absolute atomic E-state index is 0.122. The lowest BCUT2D eigenvalue weighted by atomic mass is 9.74. The first-order valence-corrected chi connectivity index (χ1v) is 5.64. The quantitative estimate of drug-likeness (QED) is 0.781. The van der Waals surface area contributed by atoms with Gasteiger partial charge in [0, 0.05) is 36.4 Å². The average molecular weight is 243 g/mol. The van der Waals surface area contributed by atoms with Gasteiger partial charge in [-0.2, -0.15) is 0 Å². The molecule has 1 N–H and O–H groups in total. The minimum Gasteiger partial charge on any atom is -0.315 e. The SMILES string of the molecule is CO[n+]1ccc(C2(C)CNCCC2(F)F)cc1. The molecule has 0 radical (unpaired) electrons. The van der Waals surface area contributed by atoms with E-state index in [1.165, 1.54) is 11.8 Å². The zero-order chi connectivity index (χ0) is 12.5. The first-order valence-electron chi connectivity index (χ1n) is 5.64. The predicted molar refractivity (Wildman–Crippen MR) is 58.9 cm³/mol. The van der Waals surface area contributed by atoms with Crippen molar-refractivity contribution < 1.29 is 18.3 Å². The topological polar surface area (TPSA) is 25.1 Å². The maximum atomic E-state index is 14.0. The van der Waals surface area contributed by atoms with Crippen LogP contribution in [0, 0.1) is 0 Å². The lowest BCUT2D eigenvalue weighted by molar-refractivity contribution is -0.885. The first kappa shape index (κ1) is 12.2. The second-order valence-electron chi connectivity index (χ2n) is 4.59. The molecule has 1 fully saturated rings. The second kappa shape index (κ2) is 4.22. The van der Waals surface area contributed by atoms with Gasteiger partial charge in [-0.1, -0.05) is 0 Å². The van der Waals surface area contributed by atoms with Crippen LogP contribution in [-0.4, -0.2) is 26.1 Å². The van der Waals surface area contributed by atoms with Gasteiger partial charge >= 0.3 is 0 Å². The summed E-state index contributed by atoms with van der Waals surface area (Å²) in [5.74, 6) is -2.68. The number of rotatable bonds is 2. The molecule has 3 nitrogen and oxygen atoms in total. The van der Waals surface area contributed by atoms with Crippen molar-refractivity contribution in [1.29, 1.82) is 0 Å². The van der Waals surface area contributed by atoms with E-state index in [9.17, 15) is 8.78 Å². The van der Waals surface area contributed by atoms with Crippen molar-refractivity contribution in [3.8, 4) is 0 Å². The molecule has 94 valence electrons. The van der Waals surface area contributed by atoms with Crippen molar-refractivity contribution in [1.82, 2.24) is 5.32 Å². The fourth-order valence-corrected chi connectivity index (χ4v) is 2.20. The molecular weight excluding hydrogens is 226 g/mol. The fourth-order valence-electron chi connectivity index (χ4n) is 2.20. The summed E-state index contributed by atoms with van der Waals surface area (Å²) < 4.78 is 29.6. The number of halogens is 2. The van der Waals surface area contributed by atoms with E-state index in [4.69, 9.17) is 4.84 Å². The van der Waals surface area contributed by atoms with Crippen molar-refractivity contribution in [2.24, 2.45) is 0 Å². The van der Waals surface area contributed by atoms with Crippen LogP contribution in [0.5, 0.6) is 0 Å². The van der Waals surface area contributed by atoms with Crippen LogP contribution in [0.25, 0.3) is 0 Å². The van der Waals surface area contributed by atoms with E-state index in [0.29, 0.717) is 12.1 Å². The summed E-state index contributed by atoms with van der Waals surface area (Å²) in [5.41, 5.74) is -0.527. The molecule has 1 unspecified atom stereocenters. The Balaban J connectivity index is 2.35. The van der Waals surface area contributed by atoms with E-state index in [2.05, 4.69) is 5.32 Å². The van der Waals surface area contributed by atoms with Gasteiger partial charge in [-0.05, 0) is 12.5 Å². The third-order valence-corrected chi connectivity index (χ3v) is 3.55. The number of pyridine rings is 1. The zero-order valence-electron chi connectivity index (χ0n) is 10.0. The van der Waals surface area contributed by atoms with E-state index in [1.807, 2.05) is 0 Å². The molecule has 0 amide bonds. The molecule has 1 aliphatic rings. The van der Waals surface area contributed by atoms with Crippen molar-refractivity contribution >= 4 is 0 Å². The van der Waals surface area contributed by atoms with E-state index in [0.717, 1.165) is 0 Å². The van der Waals surface area contributed by atoms with Crippen LogP contribution in [0.2, 0.25) is 0 Å². The molecule has 2 heterocycles. The van der Waals surface area contributed by atoms with Crippen LogP contribution in [-0.2, 0) is 5.41 Å². The van der Waals surface area contributed by atoms with Crippen LogP contribution in [0.15, 0.2) is 24.5 Å². The molecule has 5 heteroatoms. The molecule has 1 atom stereocenters. The van der Waals surface area contributed by atoms with Crippen molar-refractivity contribution in [3.05, 3.63) is 30.1 Å². The van der Waals surface area contributed by atoms with Crippen LogP contribution < -0.4 is 14.9 Å². The predicted octanol–water partition coefficient (Wildman–Crippen LogP) is 0.919. The Morgan fingerprint density at radius 2 is 2.00 bits per heavy atom. The van der Waals surface area contributed by atoms with Crippen LogP contribution in [0.1, 0.15) is 18.9 Å². The van der Waals surface area contributed by atoms with Gasteiger partial charge in [0.25, 0.3) is 5.92 Å². The van der Waals surface area contributed by atoms with Crippen LogP contribution in [0.4, 0.5) is 8.78 Å². The average Bonchev–Trinajstić information content (AvgIpc) is 2.33. The first-order chi connectivity index (χ1) is 7.99. The third kappa shape index (κ3) is 1.99. The number of hydrogen-bond donors (Lipinski definition) is 1. The van der Waals surface area contributed by atoms with Crippen molar-refractivity contribution in [3.63, 3.8) is 0 Å². The summed E-state index contributed by atoms with van der Waals surface area (Å²) >= 11 is 0. The zero-order valence-corrected chi connectivity index (χ0v) is 10.0. The molecule has 1 aromatic heterocycles. The highest BCUT2D eigenvalue weighted by molar-refractivity contribution is 5.26. The van der Waals surface area contributed by atoms with Crippen LogP contribution in [0.3, 0.4) is 0 Å². The molecule has 17 heavy (non-hydrogen) atoms. The van der Waals surface area contributed by atoms with Gasteiger partial charge in [0.15, 0.2) is 0 Å². The van der Waals surface area contributed by atoms with E-state index in [1.54, 1.807) is 31.5 Å². The highest BCUT2D eigenvalue weighted by atomic mass is 19.3.